The van der Waals surface area contributed by atoms with Gasteiger partial charge in [0.25, 0.3) is 0 Å². The predicted molar refractivity (Wildman–Crippen MR) is 71.2 cm³/mol. The third-order valence-corrected chi connectivity index (χ3v) is 3.76. The van der Waals surface area contributed by atoms with Gasteiger partial charge in [-0.3, -0.25) is 9.59 Å². The van der Waals surface area contributed by atoms with Gasteiger partial charge in [0.1, 0.15) is 11.2 Å². The first-order valence-electron chi connectivity index (χ1n) is 7.02. The summed E-state index contributed by atoms with van der Waals surface area (Å²) in [7, 11) is 0. The highest BCUT2D eigenvalue weighted by atomic mass is 16.5. The van der Waals surface area contributed by atoms with Gasteiger partial charge in [0, 0.05) is 6.42 Å². The fraction of sp³-hybridized carbons (Fsp3) is 0.867. The first-order valence-corrected chi connectivity index (χ1v) is 7.02. The van der Waals surface area contributed by atoms with E-state index < -0.39 is 5.41 Å². The van der Waals surface area contributed by atoms with Gasteiger partial charge in [0.2, 0.25) is 0 Å². The second kappa shape index (κ2) is 5.85. The van der Waals surface area contributed by atoms with Crippen LogP contribution in [0.15, 0.2) is 0 Å². The molecule has 0 amide bonds. The van der Waals surface area contributed by atoms with Crippen molar-refractivity contribution in [2.24, 2.45) is 10.8 Å². The maximum atomic E-state index is 12.2. The molecule has 1 atom stereocenters. The second-order valence-electron chi connectivity index (χ2n) is 6.49. The number of rotatable bonds is 4. The minimum absolute atomic E-state index is 0.0939. The Balaban J connectivity index is 2.86. The molecule has 0 spiro atoms. The van der Waals surface area contributed by atoms with E-state index in [2.05, 4.69) is 20.8 Å². The molecule has 0 radical (unpaired) electrons. The lowest BCUT2D eigenvalue weighted by molar-refractivity contribution is -0.163. The molecule has 1 unspecified atom stereocenters. The van der Waals surface area contributed by atoms with Gasteiger partial charge in [-0.1, -0.05) is 27.2 Å². The van der Waals surface area contributed by atoms with Crippen molar-refractivity contribution in [3.05, 3.63) is 0 Å². The summed E-state index contributed by atoms with van der Waals surface area (Å²) in [4.78, 5) is 24.5. The maximum absolute atomic E-state index is 12.2. The van der Waals surface area contributed by atoms with Crippen molar-refractivity contribution in [1.82, 2.24) is 0 Å². The number of ketones is 1. The topological polar surface area (TPSA) is 43.4 Å². The van der Waals surface area contributed by atoms with Gasteiger partial charge in [0.05, 0.1) is 6.61 Å². The molecule has 0 heterocycles. The number of hydrogen-bond donors (Lipinski definition) is 0. The SMILES string of the molecule is CCOC(=O)C1(CCC(C)(C)C)CCCCC1=O. The first-order chi connectivity index (χ1) is 8.32. The molecule has 0 aromatic rings. The first kappa shape index (κ1) is 15.2. The molecule has 18 heavy (non-hydrogen) atoms. The monoisotopic (exact) mass is 254 g/mol. The number of hydrogen-bond acceptors (Lipinski definition) is 3. The number of carbonyl (C=O) groups excluding carboxylic acids is 2. The molecular formula is C15H26O3. The summed E-state index contributed by atoms with van der Waals surface area (Å²) in [5.41, 5.74) is -0.710. The van der Waals surface area contributed by atoms with Crippen LogP contribution in [0.2, 0.25) is 0 Å². The van der Waals surface area contributed by atoms with Crippen molar-refractivity contribution in [3.63, 3.8) is 0 Å². The van der Waals surface area contributed by atoms with Gasteiger partial charge in [-0.25, -0.2) is 0 Å². The van der Waals surface area contributed by atoms with Crippen LogP contribution in [-0.2, 0) is 14.3 Å². The van der Waals surface area contributed by atoms with Crippen molar-refractivity contribution in [2.75, 3.05) is 6.61 Å². The largest absolute Gasteiger partial charge is 0.465 e. The maximum Gasteiger partial charge on any atom is 0.319 e. The second-order valence-corrected chi connectivity index (χ2v) is 6.49. The van der Waals surface area contributed by atoms with Crippen molar-refractivity contribution in [3.8, 4) is 0 Å². The molecule has 3 nitrogen and oxygen atoms in total. The quantitative estimate of drug-likeness (QED) is 0.569. The van der Waals surface area contributed by atoms with Crippen molar-refractivity contribution in [1.29, 1.82) is 0 Å². The van der Waals surface area contributed by atoms with E-state index in [-0.39, 0.29) is 17.2 Å². The van der Waals surface area contributed by atoms with Gasteiger partial charge in [-0.15, -0.1) is 0 Å². The third kappa shape index (κ3) is 3.56. The van der Waals surface area contributed by atoms with Gasteiger partial charge in [-0.2, -0.15) is 0 Å². The Bertz CT molecular complexity index is 314. The average Bonchev–Trinajstić information content (AvgIpc) is 2.27. The van der Waals surface area contributed by atoms with Crippen molar-refractivity contribution < 1.29 is 14.3 Å². The zero-order chi connectivity index (χ0) is 13.8. The zero-order valence-corrected chi connectivity index (χ0v) is 12.2. The Morgan fingerprint density at radius 2 is 2.00 bits per heavy atom. The minimum Gasteiger partial charge on any atom is -0.465 e. The summed E-state index contributed by atoms with van der Waals surface area (Å²) < 4.78 is 5.16. The van der Waals surface area contributed by atoms with E-state index in [4.69, 9.17) is 4.74 Å². The fourth-order valence-corrected chi connectivity index (χ4v) is 2.53. The number of esters is 1. The summed E-state index contributed by atoms with van der Waals surface area (Å²) in [6.07, 6.45) is 4.57. The van der Waals surface area contributed by atoms with Gasteiger partial charge < -0.3 is 4.74 Å². The van der Waals surface area contributed by atoms with E-state index in [1.165, 1.54) is 0 Å². The van der Waals surface area contributed by atoms with Gasteiger partial charge in [-0.05, 0) is 38.0 Å². The molecule has 0 N–H and O–H groups in total. The highest BCUT2D eigenvalue weighted by molar-refractivity contribution is 6.04. The van der Waals surface area contributed by atoms with E-state index in [0.29, 0.717) is 25.9 Å². The van der Waals surface area contributed by atoms with Crippen molar-refractivity contribution in [2.45, 2.75) is 66.2 Å². The molecule has 3 heteroatoms. The minimum atomic E-state index is -0.846. The fourth-order valence-electron chi connectivity index (χ4n) is 2.53. The molecule has 0 aromatic heterocycles. The Morgan fingerprint density at radius 3 is 2.50 bits per heavy atom. The van der Waals surface area contributed by atoms with Crippen LogP contribution in [0.5, 0.6) is 0 Å². The van der Waals surface area contributed by atoms with Crippen LogP contribution in [0.1, 0.15) is 66.2 Å². The van der Waals surface area contributed by atoms with Crippen LogP contribution in [0, 0.1) is 10.8 Å². The average molecular weight is 254 g/mol. The number of carbonyl (C=O) groups is 2. The Hall–Kier alpha value is -0.860. The Kier molecular flexibility index (Phi) is 4.94. The van der Waals surface area contributed by atoms with Crippen LogP contribution in [0.3, 0.4) is 0 Å². The highest BCUT2D eigenvalue weighted by Crippen LogP contribution is 2.41. The third-order valence-electron chi connectivity index (χ3n) is 3.76. The normalized spacial score (nSPS) is 25.0. The van der Waals surface area contributed by atoms with Crippen LogP contribution in [0.25, 0.3) is 0 Å². The lowest BCUT2D eigenvalue weighted by Crippen LogP contribution is -2.43. The molecule has 0 aliphatic heterocycles. The van der Waals surface area contributed by atoms with Gasteiger partial charge >= 0.3 is 5.97 Å². The molecule has 104 valence electrons. The Morgan fingerprint density at radius 1 is 1.33 bits per heavy atom. The summed E-state index contributed by atoms with van der Waals surface area (Å²) >= 11 is 0. The summed E-state index contributed by atoms with van der Waals surface area (Å²) in [6, 6.07) is 0. The lowest BCUT2D eigenvalue weighted by atomic mass is 9.68. The summed E-state index contributed by atoms with van der Waals surface area (Å²) in [5.74, 6) is -0.199. The molecule has 1 rings (SSSR count). The molecule has 1 saturated carbocycles. The van der Waals surface area contributed by atoms with Gasteiger partial charge in [0.15, 0.2) is 0 Å². The summed E-state index contributed by atoms with van der Waals surface area (Å²) in [6.45, 7) is 8.56. The Labute approximate surface area is 110 Å². The number of Topliss-reactive ketones (excluding diaryl/α,β-unsaturated/α-hetero) is 1. The molecule has 1 fully saturated rings. The zero-order valence-electron chi connectivity index (χ0n) is 12.2. The molecular weight excluding hydrogens is 228 g/mol. The lowest BCUT2D eigenvalue weighted by Gasteiger charge is -2.35. The van der Waals surface area contributed by atoms with E-state index in [9.17, 15) is 9.59 Å². The smallest absolute Gasteiger partial charge is 0.319 e. The van der Waals surface area contributed by atoms with Crippen molar-refractivity contribution >= 4 is 11.8 Å². The molecule has 0 saturated heterocycles. The van der Waals surface area contributed by atoms with Crippen LogP contribution in [-0.4, -0.2) is 18.4 Å². The van der Waals surface area contributed by atoms with E-state index >= 15 is 0 Å². The standard InChI is InChI=1S/C15H26O3/c1-5-18-13(17)15(11-10-14(2,3)4)9-7-6-8-12(15)16/h5-11H2,1-4H3. The van der Waals surface area contributed by atoms with E-state index in [1.54, 1.807) is 6.92 Å². The summed E-state index contributed by atoms with van der Waals surface area (Å²) in [5, 5.41) is 0. The molecule has 1 aliphatic rings. The predicted octanol–water partition coefficient (Wildman–Crippen LogP) is 3.51. The van der Waals surface area contributed by atoms with E-state index in [0.717, 1.165) is 19.3 Å². The molecule has 1 aliphatic carbocycles. The molecule has 0 bridgehead atoms. The van der Waals surface area contributed by atoms with E-state index in [1.807, 2.05) is 0 Å². The van der Waals surface area contributed by atoms with Crippen LogP contribution >= 0.6 is 0 Å². The molecule has 0 aromatic carbocycles. The van der Waals surface area contributed by atoms with Crippen LogP contribution in [0.4, 0.5) is 0 Å². The highest BCUT2D eigenvalue weighted by Gasteiger charge is 2.47. The number of ether oxygens (including phenoxy) is 1. The van der Waals surface area contributed by atoms with Crippen LogP contribution < -0.4 is 0 Å².